The molecular weight excluding hydrogens is 446 g/mol. The molecule has 0 saturated carbocycles. The van der Waals surface area contributed by atoms with Crippen LogP contribution in [0.5, 0.6) is 17.2 Å². The summed E-state index contributed by atoms with van der Waals surface area (Å²) in [7, 11) is -3.52. The average molecular weight is 474 g/mol. The summed E-state index contributed by atoms with van der Waals surface area (Å²) < 4.78 is 43.4. The number of carbonyl (C=O) groups is 1. The van der Waals surface area contributed by atoms with Gasteiger partial charge in [0.1, 0.15) is 5.75 Å². The summed E-state index contributed by atoms with van der Waals surface area (Å²) in [5.74, 6) is 1.73. The summed E-state index contributed by atoms with van der Waals surface area (Å²) in [5, 5.41) is 0. The van der Waals surface area contributed by atoms with E-state index in [4.69, 9.17) is 14.2 Å². The Labute approximate surface area is 193 Å². The fourth-order valence-corrected chi connectivity index (χ4v) is 5.50. The van der Waals surface area contributed by atoms with Crippen LogP contribution in [-0.2, 0) is 21.4 Å². The number of fused-ring (bicyclic) bond motifs is 2. The van der Waals surface area contributed by atoms with Gasteiger partial charge in [0.2, 0.25) is 16.8 Å². The van der Waals surface area contributed by atoms with Crippen LogP contribution >= 0.6 is 0 Å². The lowest BCUT2D eigenvalue weighted by Crippen LogP contribution is -2.56. The minimum absolute atomic E-state index is 0.0105. The quantitative estimate of drug-likeness (QED) is 0.653. The van der Waals surface area contributed by atoms with E-state index in [9.17, 15) is 13.2 Å². The standard InChI is InChI=1S/C23H27N3O6S/c1-2-33(28,29)26-15-22(32-19-6-4-3-5-18(19)26)23(27)25-11-9-24(10-12-25)14-17-7-8-20-21(13-17)31-16-30-20/h3-8,13,22H,2,9-12,14-16H2,1H3/t22-/m0/s1. The van der Waals surface area contributed by atoms with Crippen LogP contribution in [0.15, 0.2) is 42.5 Å². The minimum atomic E-state index is -3.52. The number of amides is 1. The smallest absolute Gasteiger partial charge is 0.265 e. The van der Waals surface area contributed by atoms with Crippen LogP contribution in [0.25, 0.3) is 0 Å². The van der Waals surface area contributed by atoms with Crippen molar-refractivity contribution >= 4 is 21.6 Å². The van der Waals surface area contributed by atoms with Crippen molar-refractivity contribution in [3.8, 4) is 17.2 Å². The summed E-state index contributed by atoms with van der Waals surface area (Å²) in [6, 6.07) is 12.9. The van der Waals surface area contributed by atoms with E-state index in [1.165, 1.54) is 4.31 Å². The molecule has 1 fully saturated rings. The van der Waals surface area contributed by atoms with Gasteiger partial charge in [-0.2, -0.15) is 0 Å². The van der Waals surface area contributed by atoms with Gasteiger partial charge < -0.3 is 19.1 Å². The molecule has 0 aliphatic carbocycles. The van der Waals surface area contributed by atoms with Gasteiger partial charge in [0.25, 0.3) is 5.91 Å². The first-order valence-corrected chi connectivity index (χ1v) is 12.7. The van der Waals surface area contributed by atoms with E-state index in [-0.39, 0.29) is 25.0 Å². The number of anilines is 1. The Kier molecular flexibility index (Phi) is 5.79. The van der Waals surface area contributed by atoms with Crippen LogP contribution in [-0.4, -0.2) is 75.5 Å². The number of rotatable bonds is 5. The largest absolute Gasteiger partial charge is 0.476 e. The molecule has 1 atom stereocenters. The first kappa shape index (κ1) is 21.8. The number of benzene rings is 2. The number of hydrogen-bond donors (Lipinski definition) is 0. The molecule has 1 amide bonds. The molecule has 0 aromatic heterocycles. The molecule has 176 valence electrons. The molecule has 0 bridgehead atoms. The zero-order valence-corrected chi connectivity index (χ0v) is 19.3. The Balaban J connectivity index is 1.23. The molecule has 3 aliphatic heterocycles. The third kappa shape index (κ3) is 4.32. The number of para-hydroxylation sites is 2. The van der Waals surface area contributed by atoms with Crippen molar-refractivity contribution in [1.82, 2.24) is 9.80 Å². The molecule has 2 aromatic rings. The van der Waals surface area contributed by atoms with Crippen molar-refractivity contribution in [2.24, 2.45) is 0 Å². The fourth-order valence-electron chi connectivity index (χ4n) is 4.38. The highest BCUT2D eigenvalue weighted by molar-refractivity contribution is 7.92. The Morgan fingerprint density at radius 3 is 2.55 bits per heavy atom. The Hall–Kier alpha value is -2.98. The van der Waals surface area contributed by atoms with Crippen LogP contribution in [0, 0.1) is 0 Å². The summed E-state index contributed by atoms with van der Waals surface area (Å²) in [5.41, 5.74) is 1.61. The maximum atomic E-state index is 13.2. The lowest BCUT2D eigenvalue weighted by atomic mass is 10.1. The first-order valence-electron chi connectivity index (χ1n) is 11.1. The van der Waals surface area contributed by atoms with Gasteiger partial charge >= 0.3 is 0 Å². The average Bonchev–Trinajstić information content (AvgIpc) is 3.31. The van der Waals surface area contributed by atoms with Crippen molar-refractivity contribution in [3.05, 3.63) is 48.0 Å². The van der Waals surface area contributed by atoms with Crippen LogP contribution < -0.4 is 18.5 Å². The number of hydrogen-bond acceptors (Lipinski definition) is 7. The third-order valence-electron chi connectivity index (χ3n) is 6.24. The monoisotopic (exact) mass is 473 g/mol. The maximum absolute atomic E-state index is 13.2. The molecule has 3 heterocycles. The zero-order chi connectivity index (χ0) is 23.0. The molecule has 10 heteroatoms. The van der Waals surface area contributed by atoms with Crippen molar-refractivity contribution < 1.29 is 27.4 Å². The molecule has 2 aromatic carbocycles. The normalized spacial score (nSPS) is 20.3. The first-order chi connectivity index (χ1) is 15.9. The highest BCUT2D eigenvalue weighted by Gasteiger charge is 2.38. The molecular formula is C23H27N3O6S. The van der Waals surface area contributed by atoms with Gasteiger partial charge in [-0.3, -0.25) is 14.0 Å². The predicted octanol–water partition coefficient (Wildman–Crippen LogP) is 1.68. The van der Waals surface area contributed by atoms with Crippen LogP contribution in [0.1, 0.15) is 12.5 Å². The topological polar surface area (TPSA) is 88.6 Å². The van der Waals surface area contributed by atoms with E-state index >= 15 is 0 Å². The third-order valence-corrected chi connectivity index (χ3v) is 7.98. The van der Waals surface area contributed by atoms with Gasteiger partial charge in [-0.25, -0.2) is 8.42 Å². The summed E-state index contributed by atoms with van der Waals surface area (Å²) in [6.45, 7) is 5.17. The van der Waals surface area contributed by atoms with E-state index in [2.05, 4.69) is 4.90 Å². The Morgan fingerprint density at radius 2 is 1.76 bits per heavy atom. The Bertz CT molecular complexity index is 1150. The van der Waals surface area contributed by atoms with Crippen molar-refractivity contribution in [1.29, 1.82) is 0 Å². The number of nitrogens with zero attached hydrogens (tertiary/aromatic N) is 3. The number of carbonyl (C=O) groups excluding carboxylic acids is 1. The number of sulfonamides is 1. The van der Waals surface area contributed by atoms with E-state index in [1.54, 1.807) is 36.1 Å². The molecule has 0 spiro atoms. The van der Waals surface area contributed by atoms with Crippen molar-refractivity contribution in [2.45, 2.75) is 19.6 Å². The van der Waals surface area contributed by atoms with Gasteiger partial charge in [-0.1, -0.05) is 18.2 Å². The van der Waals surface area contributed by atoms with E-state index in [0.717, 1.165) is 36.7 Å². The number of ether oxygens (including phenoxy) is 3. The zero-order valence-electron chi connectivity index (χ0n) is 18.5. The second-order valence-electron chi connectivity index (χ2n) is 8.29. The fraction of sp³-hybridized carbons (Fsp3) is 0.435. The molecule has 0 radical (unpaired) electrons. The van der Waals surface area contributed by atoms with Gasteiger partial charge in [-0.05, 0) is 36.8 Å². The second kappa shape index (κ2) is 8.75. The van der Waals surface area contributed by atoms with Crippen molar-refractivity contribution in [2.75, 3.05) is 49.6 Å². The predicted molar refractivity (Wildman–Crippen MR) is 122 cm³/mol. The molecule has 0 N–H and O–H groups in total. The van der Waals surface area contributed by atoms with E-state index in [0.29, 0.717) is 24.5 Å². The van der Waals surface area contributed by atoms with Gasteiger partial charge in [0.05, 0.1) is 18.0 Å². The molecule has 1 saturated heterocycles. The van der Waals surface area contributed by atoms with Gasteiger partial charge in [0.15, 0.2) is 17.6 Å². The SMILES string of the molecule is CCS(=O)(=O)N1C[C@@H](C(=O)N2CCN(Cc3ccc4c(c3)OCO4)CC2)Oc2ccccc21. The highest BCUT2D eigenvalue weighted by Crippen LogP contribution is 2.36. The minimum Gasteiger partial charge on any atom is -0.476 e. The highest BCUT2D eigenvalue weighted by atomic mass is 32.2. The van der Waals surface area contributed by atoms with Crippen LogP contribution in [0.3, 0.4) is 0 Å². The van der Waals surface area contributed by atoms with E-state index < -0.39 is 16.1 Å². The lowest BCUT2D eigenvalue weighted by molar-refractivity contribution is -0.140. The second-order valence-corrected chi connectivity index (χ2v) is 10.5. The molecule has 5 rings (SSSR count). The summed E-state index contributed by atoms with van der Waals surface area (Å²) >= 11 is 0. The summed E-state index contributed by atoms with van der Waals surface area (Å²) in [6.07, 6.45) is -0.860. The Morgan fingerprint density at radius 1 is 1.00 bits per heavy atom. The molecule has 33 heavy (non-hydrogen) atoms. The van der Waals surface area contributed by atoms with Gasteiger partial charge in [-0.15, -0.1) is 0 Å². The maximum Gasteiger partial charge on any atom is 0.265 e. The molecule has 0 unspecified atom stereocenters. The molecule has 9 nitrogen and oxygen atoms in total. The molecule has 3 aliphatic rings. The summed E-state index contributed by atoms with van der Waals surface area (Å²) in [4.78, 5) is 17.3. The van der Waals surface area contributed by atoms with E-state index in [1.807, 2.05) is 18.2 Å². The van der Waals surface area contributed by atoms with Crippen molar-refractivity contribution in [3.63, 3.8) is 0 Å². The van der Waals surface area contributed by atoms with Crippen LogP contribution in [0.2, 0.25) is 0 Å². The number of piperazine rings is 1. The van der Waals surface area contributed by atoms with Gasteiger partial charge in [0, 0.05) is 32.7 Å². The lowest BCUT2D eigenvalue weighted by Gasteiger charge is -2.39. The van der Waals surface area contributed by atoms with Crippen LogP contribution in [0.4, 0.5) is 5.69 Å².